The van der Waals surface area contributed by atoms with Crippen molar-refractivity contribution in [1.29, 1.82) is 0 Å². The Hall–Kier alpha value is -2.67. The molecule has 0 heterocycles. The van der Waals surface area contributed by atoms with Crippen molar-refractivity contribution in [2.75, 3.05) is 20.5 Å². The van der Waals surface area contributed by atoms with Gasteiger partial charge in [0.05, 0.1) is 0 Å². The Morgan fingerprint density at radius 3 is 1.59 bits per heavy atom. The van der Waals surface area contributed by atoms with E-state index in [0.717, 1.165) is 22.6 Å². The molecule has 0 aromatic heterocycles. The van der Waals surface area contributed by atoms with Gasteiger partial charge in [0.15, 0.2) is 0 Å². The zero-order chi connectivity index (χ0) is 44.6. The van der Waals surface area contributed by atoms with Gasteiger partial charge in [-0.3, -0.25) is 0 Å². The Bertz CT molecular complexity index is 1840. The number of hydrogen-bond acceptors (Lipinski definition) is 5. The molecule has 0 saturated heterocycles. The fourth-order valence-electron chi connectivity index (χ4n) is 8.53. The van der Waals surface area contributed by atoms with Crippen LogP contribution in [0.2, 0.25) is 36.5 Å². The maximum atomic E-state index is 7.85. The predicted octanol–water partition coefficient (Wildman–Crippen LogP) is 14.1. The molecule has 0 saturated carbocycles. The van der Waals surface area contributed by atoms with Crippen LogP contribution in [0.4, 0.5) is 0 Å². The molecule has 0 aliphatic carbocycles. The zero-order valence-corrected chi connectivity index (χ0v) is 45.0. The van der Waals surface area contributed by atoms with Crippen LogP contribution in [-0.2, 0) is 26.8 Å². The number of methoxy groups -OCH3 is 1. The first-order valence-corrected chi connectivity index (χ1v) is 35.4. The van der Waals surface area contributed by atoms with E-state index in [1.54, 1.807) is 10.7 Å². The molecule has 4 rings (SSSR count). The van der Waals surface area contributed by atoms with E-state index in [4.69, 9.17) is 23.1 Å². The van der Waals surface area contributed by atoms with Crippen molar-refractivity contribution in [1.82, 2.24) is 0 Å². The minimum atomic E-state index is -3.31. The van der Waals surface area contributed by atoms with Gasteiger partial charge in [-0.05, 0) is 0 Å². The summed E-state index contributed by atoms with van der Waals surface area (Å²) in [6.45, 7) is 27.5. The third-order valence-corrected chi connectivity index (χ3v) is 38.3. The van der Waals surface area contributed by atoms with Gasteiger partial charge < -0.3 is 0 Å². The molecule has 0 spiro atoms. The molecule has 334 valence electrons. The summed E-state index contributed by atoms with van der Waals surface area (Å²) in [5.74, 6) is 1.59. The van der Waals surface area contributed by atoms with Gasteiger partial charge in [-0.15, -0.1) is 0 Å². The first-order valence-electron chi connectivity index (χ1n) is 23.1. The molecule has 0 aliphatic heterocycles. The van der Waals surface area contributed by atoms with Crippen molar-refractivity contribution in [2.24, 2.45) is 0 Å². The summed E-state index contributed by atoms with van der Waals surface area (Å²) in [5.41, 5.74) is 3.47. The maximum absolute atomic E-state index is 7.85. The second kappa shape index (κ2) is 23.9. The van der Waals surface area contributed by atoms with Gasteiger partial charge in [-0.2, -0.15) is 0 Å². The first kappa shape index (κ1) is 51.0. The molecular weight excluding hydrogens is 891 g/mol. The Kier molecular flexibility index (Phi) is 19.9. The summed E-state index contributed by atoms with van der Waals surface area (Å²) >= 11 is -3.31. The van der Waals surface area contributed by atoms with Crippen LogP contribution in [-0.4, -0.2) is 55.5 Å². The van der Waals surface area contributed by atoms with Gasteiger partial charge in [0, 0.05) is 0 Å². The molecular formula is C53H80O5Si2Sn. The SMILES string of the molecule is CCC[CH2][Sn]([CH2]CCC)([CH2]CCC)/[C](=C/CO[Si](C)(C)C(C)(C)C)c1c(CO[Si](c2ccccc2)(c2ccccc2)C(C)(C)C)cc(OCOC)cc1OCc1ccccc1. The van der Waals surface area contributed by atoms with Crippen molar-refractivity contribution in [2.45, 2.75) is 151 Å². The molecule has 61 heavy (non-hydrogen) atoms. The summed E-state index contributed by atoms with van der Waals surface area (Å²) in [6, 6.07) is 36.9. The van der Waals surface area contributed by atoms with Gasteiger partial charge >= 0.3 is 380 Å². The van der Waals surface area contributed by atoms with Gasteiger partial charge in [0.2, 0.25) is 0 Å². The predicted molar refractivity (Wildman–Crippen MR) is 268 cm³/mol. The van der Waals surface area contributed by atoms with E-state index < -0.39 is 35.0 Å². The number of ether oxygens (including phenoxy) is 3. The molecule has 4 aromatic rings. The standard InChI is InChI=1S/C41H53O5Si2.3C4H9.Sn/c1-40(2,3)47(8,9)45-27-19-26-38-34(28-35(44-32-42-7)29-39(38)43-30-33-20-13-10-14-21-33)31-46-48(41(4,5)6,36-22-15-11-16-23-36)37-24-17-12-18-25-37;3*1-3-4-2;/h10-25,28-29H,27,30-32H2,1-9H3;3*1,3-4H2,2H3;. The fourth-order valence-corrected chi connectivity index (χ4v) is 31.1. The molecule has 5 nitrogen and oxygen atoms in total. The van der Waals surface area contributed by atoms with Gasteiger partial charge in [0.25, 0.3) is 0 Å². The van der Waals surface area contributed by atoms with Crippen LogP contribution in [0.1, 0.15) is 118 Å². The quantitative estimate of drug-likeness (QED) is 0.0489. The average Bonchev–Trinajstić information content (AvgIpc) is 3.24. The normalized spacial score (nSPS) is 13.1. The number of rotatable bonds is 25. The summed E-state index contributed by atoms with van der Waals surface area (Å²) in [7, 11) is -3.31. The monoisotopic (exact) mass is 972 g/mol. The van der Waals surface area contributed by atoms with Crippen molar-refractivity contribution in [3.8, 4) is 11.5 Å². The molecule has 0 amide bonds. The van der Waals surface area contributed by atoms with Crippen LogP contribution in [0.3, 0.4) is 0 Å². The van der Waals surface area contributed by atoms with Crippen LogP contribution < -0.4 is 19.8 Å². The Morgan fingerprint density at radius 1 is 0.623 bits per heavy atom. The van der Waals surface area contributed by atoms with E-state index in [-0.39, 0.29) is 16.9 Å². The molecule has 0 unspecified atom stereocenters. The second-order valence-corrected chi connectivity index (χ2v) is 41.8. The molecule has 4 aromatic carbocycles. The molecule has 0 N–H and O–H groups in total. The summed E-state index contributed by atoms with van der Waals surface area (Å²) in [4.78, 5) is 0. The van der Waals surface area contributed by atoms with Crippen molar-refractivity contribution >= 4 is 49.0 Å². The average molecular weight is 972 g/mol. The third-order valence-electron chi connectivity index (χ3n) is 13.0. The minimum absolute atomic E-state index is 0.104. The molecule has 0 fully saturated rings. The molecule has 0 radical (unpaired) electrons. The Labute approximate surface area is 378 Å². The Morgan fingerprint density at radius 2 is 1.13 bits per heavy atom. The second-order valence-electron chi connectivity index (χ2n) is 19.5. The van der Waals surface area contributed by atoms with E-state index in [1.165, 1.54) is 67.8 Å². The van der Waals surface area contributed by atoms with E-state index in [9.17, 15) is 0 Å². The van der Waals surface area contributed by atoms with Gasteiger partial charge in [-0.25, -0.2) is 0 Å². The molecule has 8 heteroatoms. The van der Waals surface area contributed by atoms with Crippen molar-refractivity contribution < 1.29 is 23.1 Å². The van der Waals surface area contributed by atoms with Crippen molar-refractivity contribution in [3.05, 3.63) is 126 Å². The van der Waals surface area contributed by atoms with Crippen LogP contribution in [0, 0.1) is 0 Å². The fraction of sp³-hybridized carbons (Fsp3) is 0.509. The third kappa shape index (κ3) is 13.4. The summed E-state index contributed by atoms with van der Waals surface area (Å²) < 4.78 is 39.4. The van der Waals surface area contributed by atoms with E-state index in [1.807, 2.05) is 0 Å². The van der Waals surface area contributed by atoms with E-state index in [0.29, 0.717) is 19.8 Å². The molecule has 0 aliphatic rings. The van der Waals surface area contributed by atoms with Crippen LogP contribution in [0.15, 0.2) is 109 Å². The van der Waals surface area contributed by atoms with Crippen LogP contribution in [0.5, 0.6) is 11.5 Å². The van der Waals surface area contributed by atoms with Crippen LogP contribution in [0.25, 0.3) is 3.59 Å². The van der Waals surface area contributed by atoms with E-state index in [2.05, 4.69) is 185 Å². The number of hydrogen-bond donors (Lipinski definition) is 0. The molecule has 0 atom stereocenters. The van der Waals surface area contributed by atoms with E-state index >= 15 is 0 Å². The zero-order valence-electron chi connectivity index (χ0n) is 40.1. The number of unbranched alkanes of at least 4 members (excludes halogenated alkanes) is 3. The topological polar surface area (TPSA) is 46.2 Å². The van der Waals surface area contributed by atoms with Crippen molar-refractivity contribution in [3.63, 3.8) is 0 Å². The first-order chi connectivity index (χ1) is 29.1. The van der Waals surface area contributed by atoms with Gasteiger partial charge in [-0.1, -0.05) is 0 Å². The van der Waals surface area contributed by atoms with Crippen LogP contribution >= 0.6 is 0 Å². The molecule has 0 bridgehead atoms. The summed E-state index contributed by atoms with van der Waals surface area (Å²) in [5, 5.41) is 2.45. The summed E-state index contributed by atoms with van der Waals surface area (Å²) in [6.07, 6.45) is 9.86. The Balaban J connectivity index is 2.12. The van der Waals surface area contributed by atoms with Gasteiger partial charge in [0.1, 0.15) is 0 Å². The number of benzene rings is 4.